The smallest absolute Gasteiger partial charge is 0.252 e. The summed E-state index contributed by atoms with van der Waals surface area (Å²) < 4.78 is 22.5. The monoisotopic (exact) mass is 422 g/mol. The fourth-order valence-electron chi connectivity index (χ4n) is 3.03. The van der Waals surface area contributed by atoms with Crippen LogP contribution in [-0.2, 0) is 14.8 Å². The summed E-state index contributed by atoms with van der Waals surface area (Å²) in [6, 6.07) is 7.62. The van der Waals surface area contributed by atoms with Crippen LogP contribution in [0.25, 0.3) is 0 Å². The van der Waals surface area contributed by atoms with Gasteiger partial charge in [-0.05, 0) is 48.6 Å². The molecule has 2 amide bonds. The molecule has 0 aliphatic carbocycles. The van der Waals surface area contributed by atoms with Gasteiger partial charge in [0.05, 0.1) is 11.4 Å². The molecular weight excluding hydrogens is 400 g/mol. The van der Waals surface area contributed by atoms with Crippen molar-refractivity contribution in [2.75, 3.05) is 25.0 Å². The van der Waals surface area contributed by atoms with Gasteiger partial charge in [-0.25, -0.2) is 13.6 Å². The van der Waals surface area contributed by atoms with E-state index in [9.17, 15) is 18.0 Å². The molecule has 8 nitrogen and oxygen atoms in total. The normalized spacial score (nSPS) is 15.9. The van der Waals surface area contributed by atoms with Gasteiger partial charge in [0.2, 0.25) is 15.9 Å². The number of hydrogen-bond donors (Lipinski definition) is 3. The molecule has 0 saturated carbocycles. The lowest BCUT2D eigenvalue weighted by Gasteiger charge is -2.31. The Balaban J connectivity index is 1.43. The van der Waals surface area contributed by atoms with E-state index < -0.39 is 10.0 Å². The molecule has 28 heavy (non-hydrogen) atoms. The molecule has 1 aromatic carbocycles. The van der Waals surface area contributed by atoms with Gasteiger partial charge in [-0.2, -0.15) is 11.3 Å². The van der Waals surface area contributed by atoms with Crippen molar-refractivity contribution in [1.82, 2.24) is 10.2 Å². The molecule has 0 bridgehead atoms. The minimum Gasteiger partial charge on any atom is -0.349 e. The topological polar surface area (TPSA) is 122 Å². The number of primary sulfonamides is 1. The molecule has 2 aromatic rings. The van der Waals surface area contributed by atoms with Crippen molar-refractivity contribution in [3.63, 3.8) is 0 Å². The predicted octanol–water partition coefficient (Wildman–Crippen LogP) is 1.23. The van der Waals surface area contributed by atoms with Crippen molar-refractivity contribution < 1.29 is 18.0 Å². The summed E-state index contributed by atoms with van der Waals surface area (Å²) in [7, 11) is -3.75. The number of thiophene rings is 1. The zero-order chi connectivity index (χ0) is 20.1. The molecule has 1 aliphatic heterocycles. The van der Waals surface area contributed by atoms with Gasteiger partial charge in [0.1, 0.15) is 0 Å². The molecule has 0 spiro atoms. The molecule has 4 N–H and O–H groups in total. The number of carbonyl (C=O) groups excluding carboxylic acids is 2. The number of anilines is 1. The Labute approximate surface area is 167 Å². The average Bonchev–Trinajstić information content (AvgIpc) is 3.18. The Morgan fingerprint density at radius 2 is 1.82 bits per heavy atom. The minimum atomic E-state index is -3.75. The van der Waals surface area contributed by atoms with Crippen molar-refractivity contribution in [3.8, 4) is 0 Å². The van der Waals surface area contributed by atoms with E-state index in [1.807, 2.05) is 15.7 Å². The third-order valence-corrected chi connectivity index (χ3v) is 6.15. The number of piperidine rings is 1. The summed E-state index contributed by atoms with van der Waals surface area (Å²) in [5.41, 5.74) is 1.19. The van der Waals surface area contributed by atoms with Crippen LogP contribution in [0.4, 0.5) is 5.69 Å². The van der Waals surface area contributed by atoms with Crippen LogP contribution < -0.4 is 15.8 Å². The summed E-state index contributed by atoms with van der Waals surface area (Å²) in [5, 5.41) is 14.5. The van der Waals surface area contributed by atoms with Crippen molar-refractivity contribution in [2.45, 2.75) is 23.8 Å². The lowest BCUT2D eigenvalue weighted by molar-refractivity contribution is -0.117. The molecule has 10 heteroatoms. The van der Waals surface area contributed by atoms with Crippen molar-refractivity contribution >= 4 is 38.9 Å². The molecule has 0 atom stereocenters. The van der Waals surface area contributed by atoms with E-state index in [0.29, 0.717) is 24.3 Å². The fraction of sp³-hybridized carbons (Fsp3) is 0.333. The molecule has 1 fully saturated rings. The first-order valence-electron chi connectivity index (χ1n) is 8.79. The number of rotatable bonds is 6. The lowest BCUT2D eigenvalue weighted by atomic mass is 10.0. The van der Waals surface area contributed by atoms with Gasteiger partial charge in [0, 0.05) is 35.8 Å². The molecule has 150 valence electrons. The largest absolute Gasteiger partial charge is 0.349 e. The number of likely N-dealkylation sites (tertiary alicyclic amines) is 1. The maximum atomic E-state index is 12.2. The molecule has 0 unspecified atom stereocenters. The van der Waals surface area contributed by atoms with Crippen molar-refractivity contribution in [1.29, 1.82) is 0 Å². The number of sulfonamides is 1. The Kier molecular flexibility index (Phi) is 6.45. The highest BCUT2D eigenvalue weighted by Crippen LogP contribution is 2.15. The molecule has 3 rings (SSSR count). The molecule has 1 aliphatic rings. The van der Waals surface area contributed by atoms with E-state index in [4.69, 9.17) is 5.14 Å². The Morgan fingerprint density at radius 1 is 1.14 bits per heavy atom. The van der Waals surface area contributed by atoms with Gasteiger partial charge in [0.25, 0.3) is 5.91 Å². The van der Waals surface area contributed by atoms with Gasteiger partial charge in [-0.1, -0.05) is 0 Å². The highest BCUT2D eigenvalue weighted by atomic mass is 32.2. The second-order valence-electron chi connectivity index (χ2n) is 6.65. The quantitative estimate of drug-likeness (QED) is 0.646. The Morgan fingerprint density at radius 3 is 2.39 bits per heavy atom. The van der Waals surface area contributed by atoms with Crippen LogP contribution in [0.1, 0.15) is 23.2 Å². The van der Waals surface area contributed by atoms with Gasteiger partial charge in [-0.15, -0.1) is 0 Å². The van der Waals surface area contributed by atoms with Gasteiger partial charge < -0.3 is 10.6 Å². The van der Waals surface area contributed by atoms with E-state index in [-0.39, 0.29) is 29.3 Å². The SMILES string of the molecule is NS(=O)(=O)c1ccc(NC(=O)CN2CCC(NC(=O)c3ccsc3)CC2)cc1. The van der Waals surface area contributed by atoms with E-state index in [0.717, 1.165) is 12.8 Å². The first kappa shape index (κ1) is 20.5. The summed E-state index contributed by atoms with van der Waals surface area (Å²) in [6.07, 6.45) is 1.57. The maximum absolute atomic E-state index is 12.2. The summed E-state index contributed by atoms with van der Waals surface area (Å²) in [6.45, 7) is 1.67. The van der Waals surface area contributed by atoms with E-state index in [1.54, 1.807) is 6.07 Å². The van der Waals surface area contributed by atoms with E-state index in [2.05, 4.69) is 10.6 Å². The van der Waals surface area contributed by atoms with Crippen LogP contribution >= 0.6 is 11.3 Å². The van der Waals surface area contributed by atoms with Crippen LogP contribution in [0.5, 0.6) is 0 Å². The third-order valence-electron chi connectivity index (χ3n) is 4.54. The number of amides is 2. The average molecular weight is 423 g/mol. The Bertz CT molecular complexity index is 919. The number of benzene rings is 1. The summed E-state index contributed by atoms with van der Waals surface area (Å²) >= 11 is 1.49. The van der Waals surface area contributed by atoms with Crippen LogP contribution in [0.3, 0.4) is 0 Å². The van der Waals surface area contributed by atoms with Crippen molar-refractivity contribution in [2.24, 2.45) is 5.14 Å². The van der Waals surface area contributed by atoms with Crippen molar-refractivity contribution in [3.05, 3.63) is 46.7 Å². The number of nitrogens with zero attached hydrogens (tertiary/aromatic N) is 1. The zero-order valence-electron chi connectivity index (χ0n) is 15.1. The van der Waals surface area contributed by atoms with Crippen LogP contribution in [-0.4, -0.2) is 50.8 Å². The minimum absolute atomic E-state index is 0.00271. The number of hydrogen-bond acceptors (Lipinski definition) is 6. The Hall–Kier alpha value is -2.27. The molecule has 2 heterocycles. The highest BCUT2D eigenvalue weighted by Gasteiger charge is 2.22. The van der Waals surface area contributed by atoms with Crippen LogP contribution in [0.15, 0.2) is 46.0 Å². The van der Waals surface area contributed by atoms with E-state index >= 15 is 0 Å². The van der Waals surface area contributed by atoms with E-state index in [1.165, 1.54) is 35.6 Å². The second kappa shape index (κ2) is 8.82. The summed E-state index contributed by atoms with van der Waals surface area (Å²) in [4.78, 5) is 26.3. The van der Waals surface area contributed by atoms with Crippen LogP contribution in [0.2, 0.25) is 0 Å². The third kappa shape index (κ3) is 5.61. The molecule has 1 saturated heterocycles. The standard InChI is InChI=1S/C18H22N4O4S2/c19-28(25,26)16-3-1-14(2-4-16)20-17(23)11-22-8-5-15(6-9-22)21-18(24)13-7-10-27-12-13/h1-4,7,10,12,15H,5-6,8-9,11H2,(H,20,23)(H,21,24)(H2,19,25,26). The van der Waals surface area contributed by atoms with Gasteiger partial charge in [-0.3, -0.25) is 14.5 Å². The lowest BCUT2D eigenvalue weighted by Crippen LogP contribution is -2.46. The number of nitrogens with two attached hydrogens (primary N) is 1. The maximum Gasteiger partial charge on any atom is 0.252 e. The van der Waals surface area contributed by atoms with Crippen LogP contribution in [0, 0.1) is 0 Å². The first-order chi connectivity index (χ1) is 13.3. The molecule has 1 aromatic heterocycles. The molecular formula is C18H22N4O4S2. The second-order valence-corrected chi connectivity index (χ2v) is 8.99. The first-order valence-corrected chi connectivity index (χ1v) is 11.3. The zero-order valence-corrected chi connectivity index (χ0v) is 16.8. The molecule has 0 radical (unpaired) electrons. The predicted molar refractivity (Wildman–Crippen MR) is 108 cm³/mol. The summed E-state index contributed by atoms with van der Waals surface area (Å²) in [5.74, 6) is -0.232. The number of carbonyl (C=O) groups is 2. The highest BCUT2D eigenvalue weighted by molar-refractivity contribution is 7.89. The fourth-order valence-corrected chi connectivity index (χ4v) is 4.18. The van der Waals surface area contributed by atoms with Gasteiger partial charge in [0.15, 0.2) is 0 Å². The number of nitrogens with one attached hydrogen (secondary N) is 2. The van der Waals surface area contributed by atoms with Gasteiger partial charge >= 0.3 is 0 Å².